The molecule has 0 aliphatic carbocycles. The van der Waals surface area contributed by atoms with E-state index in [-0.39, 0.29) is 0 Å². The lowest BCUT2D eigenvalue weighted by Crippen LogP contribution is -2.24. The second-order valence-corrected chi connectivity index (χ2v) is 4.70. The highest BCUT2D eigenvalue weighted by atomic mass is 16.5. The molecule has 3 heteroatoms. The molecule has 3 nitrogen and oxygen atoms in total. The number of benzene rings is 1. The van der Waals surface area contributed by atoms with Gasteiger partial charge in [0.05, 0.1) is 6.61 Å². The van der Waals surface area contributed by atoms with Crippen LogP contribution in [0.3, 0.4) is 0 Å². The summed E-state index contributed by atoms with van der Waals surface area (Å²) < 4.78 is 5.11. The molecule has 0 atom stereocenters. The molecular weight excluding hydrogens is 212 g/mol. The average Bonchev–Trinajstić information content (AvgIpc) is 2.37. The number of nitrogens with zero attached hydrogens (tertiary/aromatic N) is 1. The van der Waals surface area contributed by atoms with Gasteiger partial charge in [0.25, 0.3) is 0 Å². The third-order valence-electron chi connectivity index (χ3n) is 3.31. The van der Waals surface area contributed by atoms with Crippen LogP contribution in [0.25, 0.3) is 0 Å². The van der Waals surface area contributed by atoms with E-state index in [2.05, 4.69) is 35.5 Å². The van der Waals surface area contributed by atoms with Crippen LogP contribution in [-0.2, 0) is 17.7 Å². The molecule has 2 rings (SSSR count). The molecule has 0 saturated heterocycles. The zero-order chi connectivity index (χ0) is 12.1. The zero-order valence-corrected chi connectivity index (χ0v) is 10.8. The van der Waals surface area contributed by atoms with Gasteiger partial charge in [-0.2, -0.15) is 0 Å². The summed E-state index contributed by atoms with van der Waals surface area (Å²) in [6, 6.07) is 6.58. The summed E-state index contributed by atoms with van der Waals surface area (Å²) in [6.45, 7) is 3.89. The molecule has 1 aromatic rings. The van der Waals surface area contributed by atoms with Gasteiger partial charge in [-0.05, 0) is 37.1 Å². The van der Waals surface area contributed by atoms with E-state index in [0.29, 0.717) is 0 Å². The number of hydrogen-bond acceptors (Lipinski definition) is 3. The maximum atomic E-state index is 5.11. The van der Waals surface area contributed by atoms with Crippen molar-refractivity contribution in [3.05, 3.63) is 29.3 Å². The van der Waals surface area contributed by atoms with Crippen molar-refractivity contribution >= 4 is 5.69 Å². The van der Waals surface area contributed by atoms with Crippen LogP contribution in [0.5, 0.6) is 0 Å². The van der Waals surface area contributed by atoms with Crippen molar-refractivity contribution in [2.24, 2.45) is 0 Å². The summed E-state index contributed by atoms with van der Waals surface area (Å²) in [5.74, 6) is 0. The van der Waals surface area contributed by atoms with Gasteiger partial charge in [0.15, 0.2) is 0 Å². The molecule has 0 unspecified atom stereocenters. The number of ether oxygens (including phenoxy) is 1. The lowest BCUT2D eigenvalue weighted by molar-refractivity contribution is 0.158. The number of rotatable bonds is 5. The Kier molecular flexibility index (Phi) is 4.40. The topological polar surface area (TPSA) is 24.5 Å². The fraction of sp³-hybridized carbons (Fsp3) is 0.571. The third kappa shape index (κ3) is 3.20. The number of nitrogens with one attached hydrogen (secondary N) is 1. The Morgan fingerprint density at radius 1 is 1.41 bits per heavy atom. The van der Waals surface area contributed by atoms with E-state index >= 15 is 0 Å². The maximum absolute atomic E-state index is 5.11. The molecule has 1 heterocycles. The van der Waals surface area contributed by atoms with Gasteiger partial charge in [0, 0.05) is 32.4 Å². The molecule has 0 aromatic heterocycles. The number of fused-ring (bicyclic) bond motifs is 1. The summed E-state index contributed by atoms with van der Waals surface area (Å²) >= 11 is 0. The Morgan fingerprint density at radius 3 is 3.12 bits per heavy atom. The molecule has 1 aliphatic heterocycles. The standard InChI is InChI=1S/C14H22N2O/c1-16(9-10-17-2)11-12-5-3-7-14-13(12)6-4-8-15-14/h3,5,7,15H,4,6,8-11H2,1-2H3. The van der Waals surface area contributed by atoms with Crippen molar-refractivity contribution in [2.45, 2.75) is 19.4 Å². The summed E-state index contributed by atoms with van der Waals surface area (Å²) in [6.07, 6.45) is 2.45. The van der Waals surface area contributed by atoms with E-state index in [1.54, 1.807) is 7.11 Å². The van der Waals surface area contributed by atoms with E-state index in [4.69, 9.17) is 4.74 Å². The van der Waals surface area contributed by atoms with E-state index in [1.165, 1.54) is 29.7 Å². The van der Waals surface area contributed by atoms with Gasteiger partial charge >= 0.3 is 0 Å². The van der Waals surface area contributed by atoms with Gasteiger partial charge in [0.1, 0.15) is 0 Å². The minimum atomic E-state index is 0.795. The average molecular weight is 234 g/mol. The smallest absolute Gasteiger partial charge is 0.0589 e. The number of likely N-dealkylation sites (N-methyl/N-ethyl adjacent to an activating group) is 1. The summed E-state index contributed by atoms with van der Waals surface area (Å²) in [7, 11) is 3.90. The summed E-state index contributed by atoms with van der Waals surface area (Å²) in [5, 5.41) is 3.48. The highest BCUT2D eigenvalue weighted by Gasteiger charge is 2.13. The maximum Gasteiger partial charge on any atom is 0.0589 e. The molecule has 17 heavy (non-hydrogen) atoms. The van der Waals surface area contributed by atoms with Gasteiger partial charge in [-0.1, -0.05) is 12.1 Å². The van der Waals surface area contributed by atoms with Crippen LogP contribution in [0.15, 0.2) is 18.2 Å². The van der Waals surface area contributed by atoms with Crippen LogP contribution in [0, 0.1) is 0 Å². The Bertz CT molecular complexity index is 365. The van der Waals surface area contributed by atoms with Crippen LogP contribution >= 0.6 is 0 Å². The zero-order valence-electron chi connectivity index (χ0n) is 10.8. The van der Waals surface area contributed by atoms with Crippen LogP contribution in [0.2, 0.25) is 0 Å². The number of methoxy groups -OCH3 is 1. The molecule has 0 radical (unpaired) electrons. The molecule has 0 amide bonds. The summed E-state index contributed by atoms with van der Waals surface area (Å²) in [4.78, 5) is 2.31. The van der Waals surface area contributed by atoms with Crippen molar-refractivity contribution in [2.75, 3.05) is 39.2 Å². The van der Waals surface area contributed by atoms with Gasteiger partial charge in [-0.25, -0.2) is 0 Å². The van der Waals surface area contributed by atoms with Crippen molar-refractivity contribution in [3.63, 3.8) is 0 Å². The lowest BCUT2D eigenvalue weighted by atomic mass is 9.97. The van der Waals surface area contributed by atoms with E-state index in [0.717, 1.165) is 26.2 Å². The Balaban J connectivity index is 2.05. The Hall–Kier alpha value is -1.06. The third-order valence-corrected chi connectivity index (χ3v) is 3.31. The van der Waals surface area contributed by atoms with Crippen molar-refractivity contribution < 1.29 is 4.74 Å². The first-order chi connectivity index (χ1) is 8.31. The van der Waals surface area contributed by atoms with Crippen LogP contribution in [0.4, 0.5) is 5.69 Å². The first-order valence-electron chi connectivity index (χ1n) is 6.33. The van der Waals surface area contributed by atoms with Gasteiger partial charge < -0.3 is 10.1 Å². The second kappa shape index (κ2) is 6.03. The number of hydrogen-bond donors (Lipinski definition) is 1. The molecule has 1 N–H and O–H groups in total. The molecule has 0 saturated carbocycles. The first-order valence-corrected chi connectivity index (χ1v) is 6.33. The summed E-state index contributed by atoms with van der Waals surface area (Å²) in [5.41, 5.74) is 4.28. The highest BCUT2D eigenvalue weighted by molar-refractivity contribution is 5.56. The Labute approximate surface area is 104 Å². The Morgan fingerprint density at radius 2 is 2.29 bits per heavy atom. The molecule has 0 spiro atoms. The molecule has 0 bridgehead atoms. The molecule has 1 aromatic carbocycles. The molecule has 94 valence electrons. The molecule has 1 aliphatic rings. The first kappa shape index (κ1) is 12.4. The lowest BCUT2D eigenvalue weighted by Gasteiger charge is -2.23. The minimum Gasteiger partial charge on any atom is -0.385 e. The fourth-order valence-corrected chi connectivity index (χ4v) is 2.35. The van der Waals surface area contributed by atoms with Gasteiger partial charge in [-0.3, -0.25) is 4.90 Å². The van der Waals surface area contributed by atoms with Crippen LogP contribution < -0.4 is 5.32 Å². The van der Waals surface area contributed by atoms with Crippen molar-refractivity contribution in [1.82, 2.24) is 4.90 Å². The van der Waals surface area contributed by atoms with Gasteiger partial charge in [-0.15, -0.1) is 0 Å². The number of anilines is 1. The minimum absolute atomic E-state index is 0.795. The monoisotopic (exact) mass is 234 g/mol. The van der Waals surface area contributed by atoms with Crippen LogP contribution in [-0.4, -0.2) is 38.8 Å². The van der Waals surface area contributed by atoms with Crippen LogP contribution in [0.1, 0.15) is 17.5 Å². The molecular formula is C14H22N2O. The normalized spacial score (nSPS) is 14.5. The second-order valence-electron chi connectivity index (χ2n) is 4.70. The fourth-order valence-electron chi connectivity index (χ4n) is 2.35. The van der Waals surface area contributed by atoms with E-state index in [9.17, 15) is 0 Å². The van der Waals surface area contributed by atoms with E-state index < -0.39 is 0 Å². The highest BCUT2D eigenvalue weighted by Crippen LogP contribution is 2.25. The SMILES string of the molecule is COCCN(C)Cc1cccc2c1CCCN2. The predicted octanol–water partition coefficient (Wildman–Crippen LogP) is 2.12. The van der Waals surface area contributed by atoms with Crippen molar-refractivity contribution in [3.8, 4) is 0 Å². The van der Waals surface area contributed by atoms with Crippen molar-refractivity contribution in [1.29, 1.82) is 0 Å². The van der Waals surface area contributed by atoms with E-state index in [1.807, 2.05) is 0 Å². The predicted molar refractivity (Wildman–Crippen MR) is 71.5 cm³/mol. The van der Waals surface area contributed by atoms with Gasteiger partial charge in [0.2, 0.25) is 0 Å². The molecule has 0 fully saturated rings. The quantitative estimate of drug-likeness (QED) is 0.844. The largest absolute Gasteiger partial charge is 0.385 e.